The second-order valence-corrected chi connectivity index (χ2v) is 6.75. The molecule has 0 saturated heterocycles. The molecule has 0 aliphatic rings. The molecular weight excluding hydrogens is 386 g/mol. The Morgan fingerprint density at radius 2 is 1.60 bits per heavy atom. The lowest BCUT2D eigenvalue weighted by atomic mass is 9.99. The molecule has 0 saturated carbocycles. The van der Waals surface area contributed by atoms with Gasteiger partial charge in [0.05, 0.1) is 18.6 Å². The van der Waals surface area contributed by atoms with Crippen molar-refractivity contribution < 1.29 is 28.7 Å². The third-order valence-corrected chi connectivity index (χ3v) is 4.29. The zero-order valence-electron chi connectivity index (χ0n) is 17.3. The quantitative estimate of drug-likeness (QED) is 0.500. The molecule has 0 unspecified atom stereocenters. The Morgan fingerprint density at radius 3 is 2.27 bits per heavy atom. The number of carbonyl (C=O) groups is 4. The number of hydrogen-bond donors (Lipinski definition) is 1. The van der Waals surface area contributed by atoms with Gasteiger partial charge in [-0.1, -0.05) is 17.7 Å². The summed E-state index contributed by atoms with van der Waals surface area (Å²) in [4.78, 5) is 47.7. The van der Waals surface area contributed by atoms with Crippen molar-refractivity contribution in [2.75, 3.05) is 18.5 Å². The van der Waals surface area contributed by atoms with Gasteiger partial charge in [0.25, 0.3) is 5.91 Å². The van der Waals surface area contributed by atoms with Crippen LogP contribution in [-0.4, -0.2) is 36.8 Å². The molecule has 0 bridgehead atoms. The van der Waals surface area contributed by atoms with Crippen LogP contribution in [0.2, 0.25) is 0 Å². The summed E-state index contributed by atoms with van der Waals surface area (Å²) >= 11 is 0. The number of nitrogens with one attached hydrogen (secondary N) is 1. The van der Waals surface area contributed by atoms with Crippen molar-refractivity contribution in [3.8, 4) is 0 Å². The molecule has 0 heterocycles. The molecule has 0 atom stereocenters. The smallest absolute Gasteiger partial charge is 0.338 e. The SMILES string of the molecule is CCOC(=O)c1ccc(NC(=O)COC(=O)CCC(=O)c2cc(C)ccc2C)cc1. The lowest BCUT2D eigenvalue weighted by Gasteiger charge is -2.08. The maximum absolute atomic E-state index is 12.3. The second-order valence-electron chi connectivity index (χ2n) is 6.75. The van der Waals surface area contributed by atoms with Crippen molar-refractivity contribution in [2.45, 2.75) is 33.6 Å². The molecular formula is C23H25NO6. The number of aryl methyl sites for hydroxylation is 2. The molecule has 0 fully saturated rings. The molecule has 0 radical (unpaired) electrons. The van der Waals surface area contributed by atoms with Crippen LogP contribution < -0.4 is 5.32 Å². The fraction of sp³-hybridized carbons (Fsp3) is 0.304. The Labute approximate surface area is 175 Å². The first-order valence-corrected chi connectivity index (χ1v) is 9.63. The number of anilines is 1. The summed E-state index contributed by atoms with van der Waals surface area (Å²) in [5.74, 6) is -1.73. The van der Waals surface area contributed by atoms with Crippen molar-refractivity contribution in [1.82, 2.24) is 0 Å². The summed E-state index contributed by atoms with van der Waals surface area (Å²) in [6.45, 7) is 5.27. The molecule has 158 valence electrons. The molecule has 0 spiro atoms. The molecule has 1 N–H and O–H groups in total. The maximum atomic E-state index is 12.3. The standard InChI is InChI=1S/C23H25NO6/c1-4-29-23(28)17-7-9-18(10-8-17)24-21(26)14-30-22(27)12-11-20(25)19-13-15(2)5-6-16(19)3/h5-10,13H,4,11-12,14H2,1-3H3,(H,24,26). The second kappa shape index (κ2) is 10.9. The Balaban J connectivity index is 1.76. The minimum Gasteiger partial charge on any atom is -0.462 e. The van der Waals surface area contributed by atoms with E-state index in [-0.39, 0.29) is 25.2 Å². The van der Waals surface area contributed by atoms with Crippen molar-refractivity contribution in [3.63, 3.8) is 0 Å². The topological polar surface area (TPSA) is 98.8 Å². The van der Waals surface area contributed by atoms with E-state index in [0.29, 0.717) is 16.8 Å². The van der Waals surface area contributed by atoms with Crippen LogP contribution in [0.3, 0.4) is 0 Å². The van der Waals surface area contributed by atoms with E-state index in [0.717, 1.165) is 11.1 Å². The lowest BCUT2D eigenvalue weighted by Crippen LogP contribution is -2.21. The van der Waals surface area contributed by atoms with Crippen molar-refractivity contribution in [3.05, 3.63) is 64.7 Å². The Kier molecular flexibility index (Phi) is 8.29. The minimum atomic E-state index is -0.624. The molecule has 2 rings (SSSR count). The zero-order valence-corrected chi connectivity index (χ0v) is 17.3. The lowest BCUT2D eigenvalue weighted by molar-refractivity contribution is -0.147. The fourth-order valence-electron chi connectivity index (χ4n) is 2.71. The summed E-state index contributed by atoms with van der Waals surface area (Å²) in [5.41, 5.74) is 3.24. The van der Waals surface area contributed by atoms with Gasteiger partial charge >= 0.3 is 11.9 Å². The van der Waals surface area contributed by atoms with Crippen molar-refractivity contribution >= 4 is 29.3 Å². The Bertz CT molecular complexity index is 933. The van der Waals surface area contributed by atoms with Gasteiger partial charge in [-0.2, -0.15) is 0 Å². The largest absolute Gasteiger partial charge is 0.462 e. The molecule has 2 aromatic rings. The van der Waals surface area contributed by atoms with Crippen molar-refractivity contribution in [1.29, 1.82) is 0 Å². The van der Waals surface area contributed by atoms with Crippen molar-refractivity contribution in [2.24, 2.45) is 0 Å². The Morgan fingerprint density at radius 1 is 0.900 bits per heavy atom. The number of carbonyl (C=O) groups excluding carboxylic acids is 4. The van der Waals surface area contributed by atoms with Crippen LogP contribution in [0.4, 0.5) is 5.69 Å². The maximum Gasteiger partial charge on any atom is 0.338 e. The number of ketones is 1. The molecule has 7 nitrogen and oxygen atoms in total. The first-order valence-electron chi connectivity index (χ1n) is 9.63. The number of esters is 2. The van der Waals surface area contributed by atoms with E-state index in [1.54, 1.807) is 25.1 Å². The van der Waals surface area contributed by atoms with E-state index in [1.807, 2.05) is 26.0 Å². The number of amides is 1. The van der Waals surface area contributed by atoms with Gasteiger partial charge in [-0.25, -0.2) is 4.79 Å². The molecule has 1 amide bonds. The normalized spacial score (nSPS) is 10.2. The third kappa shape index (κ3) is 6.84. The van der Waals surface area contributed by atoms with E-state index in [4.69, 9.17) is 9.47 Å². The third-order valence-electron chi connectivity index (χ3n) is 4.29. The van der Waals surface area contributed by atoms with E-state index < -0.39 is 24.5 Å². The summed E-state index contributed by atoms with van der Waals surface area (Å²) < 4.78 is 9.82. The fourth-order valence-corrected chi connectivity index (χ4v) is 2.71. The molecule has 30 heavy (non-hydrogen) atoms. The first kappa shape index (κ1) is 22.8. The van der Waals surface area contributed by atoms with Gasteiger partial charge in [-0.05, 0) is 56.7 Å². The monoisotopic (exact) mass is 411 g/mol. The first-order chi connectivity index (χ1) is 14.3. The highest BCUT2D eigenvalue weighted by Crippen LogP contribution is 2.14. The Hall–Kier alpha value is -3.48. The van der Waals surface area contributed by atoms with Gasteiger partial charge in [-0.3, -0.25) is 14.4 Å². The van der Waals surface area contributed by atoms with E-state index >= 15 is 0 Å². The van der Waals surface area contributed by atoms with Crippen LogP contribution >= 0.6 is 0 Å². The van der Waals surface area contributed by atoms with E-state index in [1.165, 1.54) is 12.1 Å². The molecule has 0 aliphatic carbocycles. The number of benzene rings is 2. The van der Waals surface area contributed by atoms with E-state index in [2.05, 4.69) is 5.32 Å². The number of hydrogen-bond acceptors (Lipinski definition) is 6. The van der Waals surface area contributed by atoms with Gasteiger partial charge in [0, 0.05) is 17.7 Å². The minimum absolute atomic E-state index is 0.0140. The van der Waals surface area contributed by atoms with Gasteiger partial charge < -0.3 is 14.8 Å². The molecule has 2 aromatic carbocycles. The number of ether oxygens (including phenoxy) is 2. The van der Waals surface area contributed by atoms with Crippen LogP contribution in [0.5, 0.6) is 0 Å². The summed E-state index contributed by atoms with van der Waals surface area (Å²) in [6, 6.07) is 11.7. The predicted octanol–water partition coefficient (Wildman–Crippen LogP) is 3.62. The molecule has 0 aromatic heterocycles. The number of Topliss-reactive ketones (excluding diaryl/α,β-unsaturated/α-hetero) is 1. The predicted molar refractivity (Wildman–Crippen MR) is 111 cm³/mol. The van der Waals surface area contributed by atoms with Crippen LogP contribution in [0.25, 0.3) is 0 Å². The van der Waals surface area contributed by atoms with Crippen LogP contribution in [-0.2, 0) is 19.1 Å². The van der Waals surface area contributed by atoms with Gasteiger partial charge in [0.2, 0.25) is 0 Å². The summed E-state index contributed by atoms with van der Waals surface area (Å²) in [6.07, 6.45) is -0.0895. The zero-order chi connectivity index (χ0) is 22.1. The highest BCUT2D eigenvalue weighted by atomic mass is 16.5. The van der Waals surface area contributed by atoms with Gasteiger partial charge in [0.15, 0.2) is 12.4 Å². The summed E-state index contributed by atoms with van der Waals surface area (Å²) in [7, 11) is 0. The van der Waals surface area contributed by atoms with E-state index in [9.17, 15) is 19.2 Å². The van der Waals surface area contributed by atoms with Gasteiger partial charge in [-0.15, -0.1) is 0 Å². The highest BCUT2D eigenvalue weighted by Gasteiger charge is 2.14. The average molecular weight is 411 g/mol. The van der Waals surface area contributed by atoms with Crippen LogP contribution in [0.15, 0.2) is 42.5 Å². The highest BCUT2D eigenvalue weighted by molar-refractivity contribution is 5.99. The van der Waals surface area contributed by atoms with Gasteiger partial charge in [0.1, 0.15) is 0 Å². The summed E-state index contributed by atoms with van der Waals surface area (Å²) in [5, 5.41) is 2.56. The van der Waals surface area contributed by atoms with Crippen LogP contribution in [0.1, 0.15) is 51.6 Å². The molecule has 0 aliphatic heterocycles. The molecule has 7 heteroatoms. The number of rotatable bonds is 9. The van der Waals surface area contributed by atoms with Crippen LogP contribution in [0, 0.1) is 13.8 Å². The average Bonchev–Trinajstić information content (AvgIpc) is 2.73.